The predicted molar refractivity (Wildman–Crippen MR) is 129 cm³/mol. The predicted octanol–water partition coefficient (Wildman–Crippen LogP) is 5.95. The largest absolute Gasteiger partial charge is 0.392 e. The van der Waals surface area contributed by atoms with Gasteiger partial charge >= 0.3 is 0 Å². The third-order valence-corrected chi connectivity index (χ3v) is 8.97. The molecule has 3 fully saturated rings. The minimum atomic E-state index is -0.648. The van der Waals surface area contributed by atoms with Crippen LogP contribution in [0.5, 0.6) is 0 Å². The minimum Gasteiger partial charge on any atom is -0.392 e. The zero-order valence-electron chi connectivity index (χ0n) is 20.5. The molecule has 3 heteroatoms. The molecule has 0 heterocycles. The molecule has 3 nitrogen and oxygen atoms in total. The molecule has 0 aromatic rings. The van der Waals surface area contributed by atoms with Crippen LogP contribution in [0.3, 0.4) is 0 Å². The van der Waals surface area contributed by atoms with Gasteiger partial charge < -0.3 is 15.3 Å². The topological polar surface area (TPSA) is 60.7 Å². The van der Waals surface area contributed by atoms with Crippen molar-refractivity contribution < 1.29 is 15.3 Å². The van der Waals surface area contributed by atoms with Crippen molar-refractivity contribution in [2.75, 3.05) is 0 Å². The Kier molecular flexibility index (Phi) is 7.61. The monoisotopic (exact) mass is 430 g/mol. The second kappa shape index (κ2) is 9.53. The number of hydrogen-bond acceptors (Lipinski definition) is 3. The molecule has 1 unspecified atom stereocenters. The van der Waals surface area contributed by atoms with Crippen molar-refractivity contribution in [3.05, 3.63) is 35.5 Å². The van der Waals surface area contributed by atoms with E-state index in [0.717, 1.165) is 36.3 Å². The summed E-state index contributed by atoms with van der Waals surface area (Å²) in [5, 5.41) is 30.7. The van der Waals surface area contributed by atoms with E-state index in [4.69, 9.17) is 0 Å². The SMILES string of the molecule is C=C1/C(=C\C=C2/CCC[C@@]3(C)C2CC[C@@H]3[C@H](C)CCCC(C)(C)O)C[C@@H](O)[C@@H](C)[C@@H]1O. The molecule has 7 atom stereocenters. The van der Waals surface area contributed by atoms with Gasteiger partial charge in [-0.1, -0.05) is 57.9 Å². The van der Waals surface area contributed by atoms with E-state index in [2.05, 4.69) is 32.6 Å². The highest BCUT2D eigenvalue weighted by atomic mass is 16.3. The van der Waals surface area contributed by atoms with E-state index in [1.165, 1.54) is 32.1 Å². The van der Waals surface area contributed by atoms with Gasteiger partial charge in [-0.15, -0.1) is 0 Å². The maximum atomic E-state index is 10.4. The zero-order chi connectivity index (χ0) is 23.0. The first kappa shape index (κ1) is 24.7. The first-order valence-corrected chi connectivity index (χ1v) is 12.6. The zero-order valence-corrected chi connectivity index (χ0v) is 20.5. The van der Waals surface area contributed by atoms with Crippen molar-refractivity contribution in [2.24, 2.45) is 29.1 Å². The fourth-order valence-electron chi connectivity index (χ4n) is 6.91. The summed E-state index contributed by atoms with van der Waals surface area (Å²) in [5.41, 5.74) is 3.15. The number of rotatable bonds is 6. The van der Waals surface area contributed by atoms with E-state index in [1.54, 1.807) is 5.57 Å². The van der Waals surface area contributed by atoms with E-state index in [-0.39, 0.29) is 5.92 Å². The molecule has 0 spiro atoms. The van der Waals surface area contributed by atoms with E-state index in [0.29, 0.717) is 23.7 Å². The summed E-state index contributed by atoms with van der Waals surface area (Å²) in [7, 11) is 0. The quantitative estimate of drug-likeness (QED) is 0.488. The molecular formula is C28H46O3. The van der Waals surface area contributed by atoms with Crippen LogP contribution in [0.2, 0.25) is 0 Å². The Bertz CT molecular complexity index is 712. The number of fused-ring (bicyclic) bond motifs is 1. The normalized spacial score (nSPS) is 40.4. The van der Waals surface area contributed by atoms with Gasteiger partial charge in [-0.05, 0) is 93.1 Å². The van der Waals surface area contributed by atoms with Gasteiger partial charge in [0.05, 0.1) is 17.8 Å². The van der Waals surface area contributed by atoms with Crippen LogP contribution in [0.25, 0.3) is 0 Å². The number of aliphatic hydroxyl groups is 3. The van der Waals surface area contributed by atoms with Crippen LogP contribution in [-0.4, -0.2) is 33.1 Å². The molecule has 3 aliphatic carbocycles. The highest BCUT2D eigenvalue weighted by Crippen LogP contribution is 2.60. The third kappa shape index (κ3) is 5.37. The molecule has 3 N–H and O–H groups in total. The van der Waals surface area contributed by atoms with Crippen molar-refractivity contribution in [2.45, 2.75) is 110 Å². The van der Waals surface area contributed by atoms with E-state index in [1.807, 2.05) is 20.8 Å². The second-order valence-corrected chi connectivity index (χ2v) is 11.8. The number of allylic oxidation sites excluding steroid dienone is 3. The molecule has 0 aliphatic heterocycles. The van der Waals surface area contributed by atoms with Gasteiger partial charge in [0.1, 0.15) is 0 Å². The maximum Gasteiger partial charge on any atom is 0.0837 e. The second-order valence-electron chi connectivity index (χ2n) is 11.8. The highest BCUT2D eigenvalue weighted by Gasteiger charge is 2.50. The van der Waals surface area contributed by atoms with Crippen LogP contribution in [0.15, 0.2) is 35.5 Å². The molecule has 0 amide bonds. The molecule has 0 bridgehead atoms. The van der Waals surface area contributed by atoms with Crippen LogP contribution in [0.4, 0.5) is 0 Å². The molecule has 3 saturated carbocycles. The van der Waals surface area contributed by atoms with Gasteiger partial charge in [0, 0.05) is 5.92 Å². The first-order chi connectivity index (χ1) is 14.4. The smallest absolute Gasteiger partial charge is 0.0837 e. The van der Waals surface area contributed by atoms with Gasteiger partial charge in [0.2, 0.25) is 0 Å². The summed E-state index contributed by atoms with van der Waals surface area (Å²) in [5.74, 6) is 1.94. The molecule has 0 saturated heterocycles. The Labute approximate surface area is 190 Å². The molecule has 3 aliphatic rings. The van der Waals surface area contributed by atoms with Crippen molar-refractivity contribution in [1.82, 2.24) is 0 Å². The fourth-order valence-corrected chi connectivity index (χ4v) is 6.91. The summed E-state index contributed by atoms with van der Waals surface area (Å²) in [6.45, 7) is 14.8. The lowest BCUT2D eigenvalue weighted by Crippen LogP contribution is -2.36. The van der Waals surface area contributed by atoms with Gasteiger partial charge in [-0.3, -0.25) is 0 Å². The first-order valence-electron chi connectivity index (χ1n) is 12.6. The lowest BCUT2D eigenvalue weighted by Gasteiger charge is -2.44. The van der Waals surface area contributed by atoms with Crippen LogP contribution < -0.4 is 0 Å². The lowest BCUT2D eigenvalue weighted by atomic mass is 9.60. The molecule has 0 radical (unpaired) electrons. The minimum absolute atomic E-state index is 0.149. The van der Waals surface area contributed by atoms with Gasteiger partial charge in [-0.2, -0.15) is 0 Å². The van der Waals surface area contributed by atoms with Crippen molar-refractivity contribution in [3.8, 4) is 0 Å². The van der Waals surface area contributed by atoms with Gasteiger partial charge in [0.25, 0.3) is 0 Å². The van der Waals surface area contributed by atoms with Crippen molar-refractivity contribution in [3.63, 3.8) is 0 Å². The Balaban J connectivity index is 1.71. The molecule has 176 valence electrons. The third-order valence-electron chi connectivity index (χ3n) is 8.97. The summed E-state index contributed by atoms with van der Waals surface area (Å²) in [6.07, 6.45) is 13.4. The van der Waals surface area contributed by atoms with Crippen molar-refractivity contribution in [1.29, 1.82) is 0 Å². The Hall–Kier alpha value is -0.900. The molecule has 3 rings (SSSR count). The van der Waals surface area contributed by atoms with Gasteiger partial charge in [0.15, 0.2) is 0 Å². The fraction of sp³-hybridized carbons (Fsp3) is 0.786. The van der Waals surface area contributed by atoms with Crippen LogP contribution in [-0.2, 0) is 0 Å². The highest BCUT2D eigenvalue weighted by molar-refractivity contribution is 5.39. The number of hydrogen-bond donors (Lipinski definition) is 3. The lowest BCUT2D eigenvalue weighted by molar-refractivity contribution is 0.0283. The summed E-state index contributed by atoms with van der Waals surface area (Å²) >= 11 is 0. The van der Waals surface area contributed by atoms with E-state index >= 15 is 0 Å². The van der Waals surface area contributed by atoms with Gasteiger partial charge in [-0.25, -0.2) is 0 Å². The summed E-state index contributed by atoms with van der Waals surface area (Å²) in [6, 6.07) is 0. The Morgan fingerprint density at radius 1 is 1.23 bits per heavy atom. The van der Waals surface area contributed by atoms with Crippen LogP contribution >= 0.6 is 0 Å². The van der Waals surface area contributed by atoms with Crippen molar-refractivity contribution >= 4 is 0 Å². The van der Waals surface area contributed by atoms with E-state index < -0.39 is 17.8 Å². The number of aliphatic hydroxyl groups excluding tert-OH is 2. The van der Waals surface area contributed by atoms with Crippen LogP contribution in [0.1, 0.15) is 92.4 Å². The summed E-state index contributed by atoms with van der Waals surface area (Å²) < 4.78 is 0. The average Bonchev–Trinajstić information content (AvgIpc) is 3.04. The Morgan fingerprint density at radius 3 is 2.61 bits per heavy atom. The molecule has 31 heavy (non-hydrogen) atoms. The standard InChI is InChI=1S/C28H46O3/c1-18(9-7-15-27(4,5)31)23-13-14-24-21(10-8-16-28(23,24)6)11-12-22-17-25(29)20(3)26(30)19(22)2/h11-12,18,20,23-26,29-31H,2,7-10,13-17H2,1,3-6H3/b21-11+,22-12-/t18-,20-,23-,24?,25-,26-,28-/m1/s1. The van der Waals surface area contributed by atoms with E-state index in [9.17, 15) is 15.3 Å². The Morgan fingerprint density at radius 2 is 1.94 bits per heavy atom. The van der Waals surface area contributed by atoms with Crippen LogP contribution in [0, 0.1) is 29.1 Å². The summed E-state index contributed by atoms with van der Waals surface area (Å²) in [4.78, 5) is 0. The molecular weight excluding hydrogens is 384 g/mol. The molecule has 0 aromatic carbocycles. The maximum absolute atomic E-state index is 10.4. The average molecular weight is 431 g/mol. The molecule has 0 aromatic heterocycles.